The van der Waals surface area contributed by atoms with Gasteiger partial charge in [-0.15, -0.1) is 25.3 Å². The molecule has 3 rings (SSSR count). The second kappa shape index (κ2) is 4.25. The summed E-state index contributed by atoms with van der Waals surface area (Å²) in [5, 5.41) is 13.2. The zero-order valence-electron chi connectivity index (χ0n) is 8.13. The van der Waals surface area contributed by atoms with E-state index in [9.17, 15) is 0 Å². The first-order chi connectivity index (χ1) is 7.74. The van der Waals surface area contributed by atoms with E-state index in [4.69, 9.17) is 0 Å². The van der Waals surface area contributed by atoms with Crippen molar-refractivity contribution >= 4 is 48.8 Å². The van der Waals surface area contributed by atoms with Gasteiger partial charge in [0.2, 0.25) is 0 Å². The molecule has 0 saturated carbocycles. The van der Waals surface area contributed by atoms with Gasteiger partial charge in [0, 0.05) is 13.1 Å². The Balaban J connectivity index is 1.79. The van der Waals surface area contributed by atoms with Crippen LogP contribution in [0.25, 0.3) is 0 Å². The quantitative estimate of drug-likeness (QED) is 0.376. The van der Waals surface area contributed by atoms with Crippen molar-refractivity contribution in [2.24, 2.45) is 0 Å². The van der Waals surface area contributed by atoms with Gasteiger partial charge in [-0.1, -0.05) is 23.5 Å². The molecule has 0 atom stereocenters. The molecule has 16 heavy (non-hydrogen) atoms. The molecule has 8 heteroatoms. The van der Waals surface area contributed by atoms with Crippen molar-refractivity contribution in [1.82, 2.24) is 21.3 Å². The number of thiol groups is 2. The first kappa shape index (κ1) is 10.9. The van der Waals surface area contributed by atoms with Gasteiger partial charge in [-0.05, 0) is 0 Å². The third-order valence-electron chi connectivity index (χ3n) is 2.24. The lowest BCUT2D eigenvalue weighted by Crippen LogP contribution is -2.38. The molecule has 3 aliphatic rings. The van der Waals surface area contributed by atoms with E-state index in [1.807, 2.05) is 0 Å². The Kier molecular flexibility index (Phi) is 2.90. The number of rotatable bonds is 0. The third-order valence-corrected chi connectivity index (χ3v) is 5.92. The van der Waals surface area contributed by atoms with E-state index < -0.39 is 0 Å². The Labute approximate surface area is 113 Å². The molecule has 0 aromatic heterocycles. The highest BCUT2D eigenvalue weighted by Gasteiger charge is 2.27. The molecular weight excluding hydrogens is 280 g/mol. The van der Waals surface area contributed by atoms with Crippen molar-refractivity contribution in [2.75, 3.05) is 13.1 Å². The first-order valence-electron chi connectivity index (χ1n) is 4.72. The topological polar surface area (TPSA) is 48.1 Å². The van der Waals surface area contributed by atoms with Crippen LogP contribution in [0.4, 0.5) is 0 Å². The van der Waals surface area contributed by atoms with Crippen LogP contribution in [0.2, 0.25) is 0 Å². The van der Waals surface area contributed by atoms with Crippen molar-refractivity contribution in [1.29, 1.82) is 0 Å². The Morgan fingerprint density at radius 1 is 0.812 bits per heavy atom. The minimum absolute atomic E-state index is 0.935. The van der Waals surface area contributed by atoms with Gasteiger partial charge in [0.1, 0.15) is 17.5 Å². The third kappa shape index (κ3) is 1.87. The predicted octanol–water partition coefficient (Wildman–Crippen LogP) is 1.09. The molecule has 0 bridgehead atoms. The van der Waals surface area contributed by atoms with Crippen LogP contribution >= 0.6 is 48.8 Å². The lowest BCUT2D eigenvalue weighted by atomic mass is 10.5. The standard InChI is InChI=1S/C8H10N4S4/c13-6-7(14)16-8(15-6)5-11-3-4(12-5)10-2-1-9-3/h9-14H,1-2H2. The lowest BCUT2D eigenvalue weighted by Gasteiger charge is -2.16. The summed E-state index contributed by atoms with van der Waals surface area (Å²) in [7, 11) is 0. The zero-order chi connectivity index (χ0) is 11.1. The Hall–Kier alpha value is -0.180. The van der Waals surface area contributed by atoms with Gasteiger partial charge in [0.25, 0.3) is 0 Å². The molecule has 3 heterocycles. The van der Waals surface area contributed by atoms with Crippen molar-refractivity contribution in [3.8, 4) is 0 Å². The van der Waals surface area contributed by atoms with Crippen LogP contribution in [0.15, 0.2) is 30.2 Å². The Morgan fingerprint density at radius 2 is 1.31 bits per heavy atom. The fourth-order valence-electron chi connectivity index (χ4n) is 1.53. The summed E-state index contributed by atoms with van der Waals surface area (Å²) in [5.41, 5.74) is 0. The molecule has 0 aromatic rings. The highest BCUT2D eigenvalue weighted by Crippen LogP contribution is 2.53. The SMILES string of the molecule is SC1=C(S)SC(=C2NC3=C(NCCN3)N2)S1. The molecule has 0 aliphatic carbocycles. The molecule has 0 unspecified atom stereocenters. The van der Waals surface area contributed by atoms with Crippen LogP contribution in [-0.2, 0) is 0 Å². The highest BCUT2D eigenvalue weighted by molar-refractivity contribution is 8.37. The van der Waals surface area contributed by atoms with Crippen LogP contribution in [0, 0.1) is 0 Å². The average Bonchev–Trinajstić information content (AvgIpc) is 2.83. The summed E-state index contributed by atoms with van der Waals surface area (Å²) in [4.78, 5) is 0. The Morgan fingerprint density at radius 3 is 1.81 bits per heavy atom. The first-order valence-corrected chi connectivity index (χ1v) is 7.25. The molecule has 0 fully saturated rings. The van der Waals surface area contributed by atoms with Crippen molar-refractivity contribution in [3.05, 3.63) is 30.2 Å². The number of hydrogen-bond acceptors (Lipinski definition) is 8. The van der Waals surface area contributed by atoms with Crippen LogP contribution in [0.5, 0.6) is 0 Å². The normalized spacial score (nSPS) is 23.9. The van der Waals surface area contributed by atoms with Gasteiger partial charge >= 0.3 is 0 Å². The smallest absolute Gasteiger partial charge is 0.146 e. The summed E-state index contributed by atoms with van der Waals surface area (Å²) >= 11 is 11.9. The minimum Gasteiger partial charge on any atom is -0.367 e. The monoisotopic (exact) mass is 290 g/mol. The largest absolute Gasteiger partial charge is 0.367 e. The van der Waals surface area contributed by atoms with E-state index >= 15 is 0 Å². The molecule has 0 radical (unpaired) electrons. The second-order valence-electron chi connectivity index (χ2n) is 3.33. The van der Waals surface area contributed by atoms with Crippen molar-refractivity contribution in [3.63, 3.8) is 0 Å². The molecule has 3 aliphatic heterocycles. The molecule has 4 nitrogen and oxygen atoms in total. The molecular formula is C8H10N4S4. The van der Waals surface area contributed by atoms with E-state index in [1.165, 1.54) is 0 Å². The average molecular weight is 290 g/mol. The van der Waals surface area contributed by atoms with Crippen LogP contribution in [0.1, 0.15) is 0 Å². The molecule has 0 saturated heterocycles. The summed E-state index contributed by atoms with van der Waals surface area (Å²) in [6.45, 7) is 1.87. The maximum atomic E-state index is 4.35. The van der Waals surface area contributed by atoms with E-state index in [2.05, 4.69) is 46.5 Å². The summed E-state index contributed by atoms with van der Waals surface area (Å²) in [6, 6.07) is 0. The van der Waals surface area contributed by atoms with Gasteiger partial charge in [0.05, 0.1) is 12.7 Å². The summed E-state index contributed by atoms with van der Waals surface area (Å²) in [6.07, 6.45) is 0. The number of hydrogen-bond donors (Lipinski definition) is 6. The maximum absolute atomic E-state index is 4.35. The van der Waals surface area contributed by atoms with E-state index in [0.29, 0.717) is 0 Å². The molecule has 0 aromatic carbocycles. The predicted molar refractivity (Wildman–Crippen MR) is 76.5 cm³/mol. The lowest BCUT2D eigenvalue weighted by molar-refractivity contribution is 0.630. The van der Waals surface area contributed by atoms with Crippen LogP contribution < -0.4 is 21.3 Å². The molecule has 0 amide bonds. The van der Waals surface area contributed by atoms with Gasteiger partial charge in [-0.25, -0.2) is 0 Å². The zero-order valence-corrected chi connectivity index (χ0v) is 11.5. The van der Waals surface area contributed by atoms with Gasteiger partial charge in [-0.2, -0.15) is 0 Å². The summed E-state index contributed by atoms with van der Waals surface area (Å²) in [5.74, 6) is 3.03. The summed E-state index contributed by atoms with van der Waals surface area (Å²) < 4.78 is 3.04. The van der Waals surface area contributed by atoms with E-state index in [0.717, 1.165) is 43.3 Å². The molecule has 86 valence electrons. The second-order valence-corrected chi connectivity index (χ2v) is 7.13. The fourth-order valence-corrected chi connectivity index (χ4v) is 4.58. The van der Waals surface area contributed by atoms with E-state index in [1.54, 1.807) is 23.5 Å². The fraction of sp³-hybridized carbons (Fsp3) is 0.250. The highest BCUT2D eigenvalue weighted by atomic mass is 32.2. The van der Waals surface area contributed by atoms with E-state index in [-0.39, 0.29) is 0 Å². The Bertz CT molecular complexity index is 403. The number of nitrogens with one attached hydrogen (secondary N) is 4. The number of thioether (sulfide) groups is 2. The molecule has 0 spiro atoms. The van der Waals surface area contributed by atoms with Crippen LogP contribution in [-0.4, -0.2) is 13.1 Å². The van der Waals surface area contributed by atoms with Crippen LogP contribution in [0.3, 0.4) is 0 Å². The molecule has 4 N–H and O–H groups in total. The minimum atomic E-state index is 0.935. The maximum Gasteiger partial charge on any atom is 0.146 e. The van der Waals surface area contributed by atoms with Gasteiger partial charge in [0.15, 0.2) is 0 Å². The van der Waals surface area contributed by atoms with Crippen molar-refractivity contribution < 1.29 is 0 Å². The van der Waals surface area contributed by atoms with Crippen molar-refractivity contribution in [2.45, 2.75) is 0 Å². The van der Waals surface area contributed by atoms with Gasteiger partial charge < -0.3 is 21.3 Å². The van der Waals surface area contributed by atoms with Gasteiger partial charge in [-0.3, -0.25) is 0 Å².